The Morgan fingerprint density at radius 2 is 1.69 bits per heavy atom. The second-order valence-electron chi connectivity index (χ2n) is 7.60. The van der Waals surface area contributed by atoms with Crippen LogP contribution in [0.25, 0.3) is 0 Å². The normalized spacial score (nSPS) is 15.0. The van der Waals surface area contributed by atoms with Crippen LogP contribution in [0.4, 0.5) is 11.4 Å². The van der Waals surface area contributed by atoms with Crippen LogP contribution in [0.2, 0.25) is 0 Å². The van der Waals surface area contributed by atoms with Gasteiger partial charge in [-0.05, 0) is 30.5 Å². The number of sulfonamides is 1. The van der Waals surface area contributed by atoms with Gasteiger partial charge in [0.15, 0.2) is 0 Å². The van der Waals surface area contributed by atoms with E-state index < -0.39 is 14.9 Å². The van der Waals surface area contributed by atoms with Gasteiger partial charge in [-0.3, -0.25) is 10.1 Å². The van der Waals surface area contributed by atoms with E-state index in [9.17, 15) is 18.5 Å². The zero-order valence-corrected chi connectivity index (χ0v) is 17.5. The van der Waals surface area contributed by atoms with Crippen LogP contribution in [0.5, 0.6) is 0 Å². The number of quaternary nitrogens is 1. The summed E-state index contributed by atoms with van der Waals surface area (Å²) < 4.78 is 26.8. The molecule has 3 rings (SSSR count). The highest BCUT2D eigenvalue weighted by atomic mass is 32.2. The van der Waals surface area contributed by atoms with Gasteiger partial charge in [0.2, 0.25) is 10.0 Å². The van der Waals surface area contributed by atoms with E-state index in [2.05, 4.69) is 19.4 Å². The number of hydrogen-bond donors (Lipinski definition) is 2. The second kappa shape index (κ2) is 8.89. The van der Waals surface area contributed by atoms with Crippen molar-refractivity contribution in [2.45, 2.75) is 30.8 Å². The fourth-order valence-electron chi connectivity index (χ4n) is 3.43. The summed E-state index contributed by atoms with van der Waals surface area (Å²) >= 11 is 0. The summed E-state index contributed by atoms with van der Waals surface area (Å²) in [5.74, 6) is 0. The first-order chi connectivity index (χ1) is 13.8. The van der Waals surface area contributed by atoms with E-state index in [0.717, 1.165) is 31.0 Å². The molecule has 0 saturated carbocycles. The molecule has 1 heterocycles. The minimum atomic E-state index is -3.69. The molecule has 2 aromatic rings. The van der Waals surface area contributed by atoms with Gasteiger partial charge in [0, 0.05) is 31.3 Å². The average molecular weight is 420 g/mol. The van der Waals surface area contributed by atoms with Crippen molar-refractivity contribution in [3.05, 3.63) is 63.7 Å². The van der Waals surface area contributed by atoms with Gasteiger partial charge in [0.1, 0.15) is 12.2 Å². The first-order valence-corrected chi connectivity index (χ1v) is 11.1. The summed E-state index contributed by atoms with van der Waals surface area (Å²) in [6, 6.07) is 12.1. The Balaban J connectivity index is 1.76. The zero-order chi connectivity index (χ0) is 21.0. The van der Waals surface area contributed by atoms with E-state index >= 15 is 0 Å². The smallest absolute Gasteiger partial charge is 0.293 e. The molecule has 0 amide bonds. The lowest BCUT2D eigenvalue weighted by Crippen LogP contribution is -3.04. The minimum absolute atomic E-state index is 0.0350. The number of nitrogens with one attached hydrogen (secondary N) is 2. The Kier molecular flexibility index (Phi) is 6.51. The van der Waals surface area contributed by atoms with E-state index in [0.29, 0.717) is 25.3 Å². The standard InChI is InChI=1S/C20H26N4O4S/c1-22(2)15-17-7-5-16(6-8-17)14-21-19-10-9-18(13-20(19)24(25)26)29(27,28)23-11-3-4-12-23/h5-10,13,21H,3-4,11-12,14-15H2,1-2H3/p+1. The predicted molar refractivity (Wildman–Crippen MR) is 111 cm³/mol. The van der Waals surface area contributed by atoms with Crippen molar-refractivity contribution in [3.63, 3.8) is 0 Å². The summed E-state index contributed by atoms with van der Waals surface area (Å²) in [7, 11) is 0.477. The van der Waals surface area contributed by atoms with Crippen molar-refractivity contribution in [2.75, 3.05) is 32.5 Å². The van der Waals surface area contributed by atoms with E-state index in [1.807, 2.05) is 24.3 Å². The number of benzene rings is 2. The Morgan fingerprint density at radius 1 is 1.07 bits per heavy atom. The fraction of sp³-hybridized carbons (Fsp3) is 0.400. The van der Waals surface area contributed by atoms with Gasteiger partial charge < -0.3 is 10.2 Å². The largest absolute Gasteiger partial charge is 0.375 e. The van der Waals surface area contributed by atoms with Crippen LogP contribution in [-0.2, 0) is 23.1 Å². The number of hydrogen-bond acceptors (Lipinski definition) is 5. The summed E-state index contributed by atoms with van der Waals surface area (Å²) in [5.41, 5.74) is 2.28. The van der Waals surface area contributed by atoms with Crippen LogP contribution < -0.4 is 10.2 Å². The molecule has 0 radical (unpaired) electrons. The van der Waals surface area contributed by atoms with Crippen LogP contribution >= 0.6 is 0 Å². The molecule has 0 spiro atoms. The summed E-state index contributed by atoms with van der Waals surface area (Å²) in [6.45, 7) is 2.25. The Bertz CT molecular complexity index is 968. The third-order valence-corrected chi connectivity index (χ3v) is 6.83. The van der Waals surface area contributed by atoms with Gasteiger partial charge in [-0.25, -0.2) is 8.42 Å². The Hall–Kier alpha value is -2.49. The van der Waals surface area contributed by atoms with Crippen molar-refractivity contribution >= 4 is 21.4 Å². The van der Waals surface area contributed by atoms with Crippen LogP contribution in [0, 0.1) is 10.1 Å². The zero-order valence-electron chi connectivity index (χ0n) is 16.7. The van der Waals surface area contributed by atoms with Gasteiger partial charge >= 0.3 is 0 Å². The highest BCUT2D eigenvalue weighted by Crippen LogP contribution is 2.30. The van der Waals surface area contributed by atoms with Crippen molar-refractivity contribution < 1.29 is 18.2 Å². The van der Waals surface area contributed by atoms with Gasteiger partial charge in [0.25, 0.3) is 5.69 Å². The highest BCUT2D eigenvalue weighted by Gasteiger charge is 2.29. The average Bonchev–Trinajstić information content (AvgIpc) is 3.22. The van der Waals surface area contributed by atoms with Crippen LogP contribution in [0.3, 0.4) is 0 Å². The quantitative estimate of drug-likeness (QED) is 0.501. The van der Waals surface area contributed by atoms with Gasteiger partial charge in [-0.2, -0.15) is 4.31 Å². The number of nitro benzene ring substituents is 1. The van der Waals surface area contributed by atoms with Crippen LogP contribution in [0.15, 0.2) is 47.4 Å². The second-order valence-corrected chi connectivity index (χ2v) is 9.54. The molecular weight excluding hydrogens is 392 g/mol. The van der Waals surface area contributed by atoms with E-state index in [1.54, 1.807) is 0 Å². The fourth-order valence-corrected chi connectivity index (χ4v) is 4.97. The van der Waals surface area contributed by atoms with Gasteiger partial charge in [-0.15, -0.1) is 0 Å². The number of nitro groups is 1. The first-order valence-electron chi connectivity index (χ1n) is 9.66. The summed E-state index contributed by atoms with van der Waals surface area (Å²) in [6.07, 6.45) is 1.63. The van der Waals surface area contributed by atoms with Crippen molar-refractivity contribution in [1.82, 2.24) is 4.31 Å². The van der Waals surface area contributed by atoms with Gasteiger partial charge in [0.05, 0.1) is 23.9 Å². The molecular formula is C20H27N4O4S+. The molecule has 2 aromatic carbocycles. The number of anilines is 1. The lowest BCUT2D eigenvalue weighted by atomic mass is 10.1. The van der Waals surface area contributed by atoms with E-state index in [4.69, 9.17) is 0 Å². The molecule has 1 fully saturated rings. The molecule has 0 unspecified atom stereocenters. The highest BCUT2D eigenvalue weighted by molar-refractivity contribution is 7.89. The lowest BCUT2D eigenvalue weighted by molar-refractivity contribution is -0.872. The maximum atomic E-state index is 12.7. The molecule has 9 heteroatoms. The molecule has 0 aromatic heterocycles. The molecule has 1 aliphatic heterocycles. The third-order valence-electron chi connectivity index (χ3n) is 4.93. The topological polar surface area (TPSA) is 97.0 Å². The molecule has 1 saturated heterocycles. The number of rotatable bonds is 8. The Morgan fingerprint density at radius 3 is 2.28 bits per heavy atom. The van der Waals surface area contributed by atoms with E-state index in [1.165, 1.54) is 26.9 Å². The molecule has 0 atom stereocenters. The molecule has 29 heavy (non-hydrogen) atoms. The van der Waals surface area contributed by atoms with Crippen molar-refractivity contribution in [3.8, 4) is 0 Å². The molecule has 8 nitrogen and oxygen atoms in total. The van der Waals surface area contributed by atoms with Crippen LogP contribution in [-0.4, -0.2) is 44.8 Å². The minimum Gasteiger partial charge on any atom is -0.375 e. The molecule has 156 valence electrons. The maximum Gasteiger partial charge on any atom is 0.293 e. The van der Waals surface area contributed by atoms with Crippen LogP contribution in [0.1, 0.15) is 24.0 Å². The van der Waals surface area contributed by atoms with Crippen molar-refractivity contribution in [2.24, 2.45) is 0 Å². The summed E-state index contributed by atoms with van der Waals surface area (Å²) in [4.78, 5) is 12.3. The van der Waals surface area contributed by atoms with Gasteiger partial charge in [-0.1, -0.05) is 24.3 Å². The molecule has 1 aliphatic rings. The van der Waals surface area contributed by atoms with E-state index in [-0.39, 0.29) is 10.6 Å². The molecule has 2 N–H and O–H groups in total. The lowest BCUT2D eigenvalue weighted by Gasteiger charge is -2.16. The summed E-state index contributed by atoms with van der Waals surface area (Å²) in [5, 5.41) is 14.6. The predicted octanol–water partition coefficient (Wildman–Crippen LogP) is 1.64. The Labute approximate surface area is 171 Å². The third kappa shape index (κ3) is 5.11. The molecule has 0 bridgehead atoms. The number of nitrogens with zero attached hydrogens (tertiary/aromatic N) is 2. The maximum absolute atomic E-state index is 12.7. The SMILES string of the molecule is C[NH+](C)Cc1ccc(CNc2ccc(S(=O)(=O)N3CCCC3)cc2[N+](=O)[O-])cc1. The molecule has 0 aliphatic carbocycles. The van der Waals surface area contributed by atoms with Crippen molar-refractivity contribution in [1.29, 1.82) is 0 Å². The first kappa shape index (κ1) is 21.2. The monoisotopic (exact) mass is 419 g/mol.